The summed E-state index contributed by atoms with van der Waals surface area (Å²) in [6.45, 7) is 3.37. The standard InChI is InChI=1S/C15H16ClF3N6O/c1-10-12(16)13(15(17,18)19)22-25(10)11(9-26)23-5-7-24(8-6-23)14-20-3-2-4-21-14/h2-4,9,11H,5-8H2,1H3. The van der Waals surface area contributed by atoms with E-state index in [4.69, 9.17) is 11.6 Å². The first-order chi connectivity index (χ1) is 12.3. The van der Waals surface area contributed by atoms with Gasteiger partial charge in [-0.15, -0.1) is 0 Å². The van der Waals surface area contributed by atoms with Gasteiger partial charge in [-0.2, -0.15) is 18.3 Å². The quantitative estimate of drug-likeness (QED) is 0.748. The minimum absolute atomic E-state index is 0.102. The first-order valence-corrected chi connectivity index (χ1v) is 8.24. The van der Waals surface area contributed by atoms with E-state index in [-0.39, 0.29) is 5.69 Å². The minimum atomic E-state index is -4.68. The Morgan fingerprint density at radius 2 is 1.81 bits per heavy atom. The van der Waals surface area contributed by atoms with Crippen molar-refractivity contribution in [2.75, 3.05) is 31.1 Å². The highest BCUT2D eigenvalue weighted by atomic mass is 35.5. The van der Waals surface area contributed by atoms with Crippen molar-refractivity contribution in [1.29, 1.82) is 0 Å². The normalized spacial score (nSPS) is 17.3. The summed E-state index contributed by atoms with van der Waals surface area (Å²) in [4.78, 5) is 23.7. The fraction of sp³-hybridized carbons (Fsp3) is 0.467. The molecule has 140 valence electrons. The lowest BCUT2D eigenvalue weighted by Crippen LogP contribution is -2.50. The van der Waals surface area contributed by atoms with Gasteiger partial charge in [0.25, 0.3) is 0 Å². The third-order valence-electron chi connectivity index (χ3n) is 4.24. The molecule has 1 unspecified atom stereocenters. The molecular weight excluding hydrogens is 373 g/mol. The molecule has 1 aliphatic heterocycles. The zero-order chi connectivity index (χ0) is 18.9. The van der Waals surface area contributed by atoms with Crippen molar-refractivity contribution in [3.8, 4) is 0 Å². The summed E-state index contributed by atoms with van der Waals surface area (Å²) in [6, 6.07) is 1.71. The van der Waals surface area contributed by atoms with E-state index in [0.29, 0.717) is 38.4 Å². The van der Waals surface area contributed by atoms with Gasteiger partial charge in [0, 0.05) is 38.6 Å². The molecule has 2 aromatic rings. The number of anilines is 1. The number of aromatic nitrogens is 4. The number of rotatable bonds is 4. The van der Waals surface area contributed by atoms with Crippen LogP contribution in [0.25, 0.3) is 0 Å². The number of halogens is 4. The number of carbonyl (C=O) groups excluding carboxylic acids is 1. The molecule has 1 saturated heterocycles. The lowest BCUT2D eigenvalue weighted by Gasteiger charge is -2.37. The first kappa shape index (κ1) is 18.6. The maximum atomic E-state index is 13.0. The molecule has 1 aliphatic rings. The molecular formula is C15H16ClF3N6O. The van der Waals surface area contributed by atoms with Crippen LogP contribution in [0.3, 0.4) is 0 Å². The van der Waals surface area contributed by atoms with Crippen molar-refractivity contribution in [3.05, 3.63) is 34.9 Å². The first-order valence-electron chi connectivity index (χ1n) is 7.86. The number of nitrogens with zero attached hydrogens (tertiary/aromatic N) is 6. The summed E-state index contributed by atoms with van der Waals surface area (Å²) < 4.78 is 40.1. The van der Waals surface area contributed by atoms with Crippen molar-refractivity contribution in [1.82, 2.24) is 24.6 Å². The Bertz CT molecular complexity index is 774. The van der Waals surface area contributed by atoms with Gasteiger partial charge in [-0.05, 0) is 13.0 Å². The van der Waals surface area contributed by atoms with Gasteiger partial charge in [-0.25, -0.2) is 14.6 Å². The zero-order valence-electron chi connectivity index (χ0n) is 13.8. The molecule has 7 nitrogen and oxygen atoms in total. The molecule has 0 spiro atoms. The topological polar surface area (TPSA) is 67.2 Å². The summed E-state index contributed by atoms with van der Waals surface area (Å²) in [5.41, 5.74) is -1.08. The molecule has 0 aromatic carbocycles. The van der Waals surface area contributed by atoms with E-state index in [0.717, 1.165) is 4.68 Å². The molecule has 0 radical (unpaired) electrons. The molecule has 0 aliphatic carbocycles. The second-order valence-corrected chi connectivity index (χ2v) is 6.19. The highest BCUT2D eigenvalue weighted by Crippen LogP contribution is 2.36. The predicted octanol–water partition coefficient (Wildman–Crippen LogP) is 2.17. The van der Waals surface area contributed by atoms with E-state index in [1.54, 1.807) is 23.4 Å². The van der Waals surface area contributed by atoms with E-state index < -0.39 is 23.1 Å². The molecule has 1 atom stereocenters. The van der Waals surface area contributed by atoms with E-state index in [1.165, 1.54) is 6.92 Å². The van der Waals surface area contributed by atoms with Crippen LogP contribution in [0, 0.1) is 6.92 Å². The molecule has 0 N–H and O–H groups in total. The Morgan fingerprint density at radius 1 is 1.19 bits per heavy atom. The Hall–Kier alpha value is -2.20. The van der Waals surface area contributed by atoms with E-state index >= 15 is 0 Å². The number of alkyl halides is 3. The van der Waals surface area contributed by atoms with Gasteiger partial charge in [0.1, 0.15) is 0 Å². The summed E-state index contributed by atoms with van der Waals surface area (Å²) >= 11 is 5.78. The molecule has 26 heavy (non-hydrogen) atoms. The van der Waals surface area contributed by atoms with Gasteiger partial charge in [-0.1, -0.05) is 11.6 Å². The number of hydrogen-bond acceptors (Lipinski definition) is 6. The molecule has 11 heteroatoms. The SMILES string of the molecule is Cc1c(Cl)c(C(F)(F)F)nn1C(C=O)N1CCN(c2ncccn2)CC1. The van der Waals surface area contributed by atoms with Gasteiger partial charge in [0.05, 0.1) is 10.7 Å². The van der Waals surface area contributed by atoms with E-state index in [9.17, 15) is 18.0 Å². The maximum Gasteiger partial charge on any atom is 0.436 e. The zero-order valence-corrected chi connectivity index (χ0v) is 14.6. The van der Waals surface area contributed by atoms with Crippen molar-refractivity contribution < 1.29 is 18.0 Å². The smallest absolute Gasteiger partial charge is 0.338 e. The van der Waals surface area contributed by atoms with Gasteiger partial charge in [0.2, 0.25) is 5.95 Å². The Balaban J connectivity index is 1.78. The molecule has 0 amide bonds. The van der Waals surface area contributed by atoms with Crippen LogP contribution in [-0.2, 0) is 11.0 Å². The highest BCUT2D eigenvalue weighted by Gasteiger charge is 2.39. The number of piperazine rings is 1. The van der Waals surface area contributed by atoms with Crippen LogP contribution >= 0.6 is 11.6 Å². The largest absolute Gasteiger partial charge is 0.436 e. The molecule has 0 bridgehead atoms. The summed E-state index contributed by atoms with van der Waals surface area (Å²) in [6.07, 6.45) is -1.79. The highest BCUT2D eigenvalue weighted by molar-refractivity contribution is 6.32. The minimum Gasteiger partial charge on any atom is -0.338 e. The van der Waals surface area contributed by atoms with Crippen LogP contribution < -0.4 is 4.90 Å². The Labute approximate surface area is 152 Å². The lowest BCUT2D eigenvalue weighted by molar-refractivity contribution is -0.142. The maximum absolute atomic E-state index is 13.0. The predicted molar refractivity (Wildman–Crippen MR) is 87.9 cm³/mol. The summed E-state index contributed by atoms with van der Waals surface area (Å²) in [5.74, 6) is 0.576. The summed E-state index contributed by atoms with van der Waals surface area (Å²) in [5, 5.41) is 3.07. The third kappa shape index (κ3) is 3.51. The Morgan fingerprint density at radius 3 is 2.31 bits per heavy atom. The second kappa shape index (κ2) is 7.20. The van der Waals surface area contributed by atoms with Crippen LogP contribution in [0.15, 0.2) is 18.5 Å². The number of aldehydes is 1. The monoisotopic (exact) mass is 388 g/mol. The third-order valence-corrected chi connectivity index (χ3v) is 4.69. The molecule has 2 aromatic heterocycles. The fourth-order valence-electron chi connectivity index (χ4n) is 2.88. The molecule has 0 saturated carbocycles. The molecule has 3 rings (SSSR count). The van der Waals surface area contributed by atoms with Gasteiger partial charge >= 0.3 is 6.18 Å². The van der Waals surface area contributed by atoms with E-state index in [2.05, 4.69) is 15.1 Å². The average Bonchev–Trinajstić information content (AvgIpc) is 2.93. The Kier molecular flexibility index (Phi) is 5.15. The van der Waals surface area contributed by atoms with Crippen molar-refractivity contribution in [2.24, 2.45) is 0 Å². The lowest BCUT2D eigenvalue weighted by atomic mass is 10.3. The number of carbonyl (C=O) groups is 1. The second-order valence-electron chi connectivity index (χ2n) is 5.81. The van der Waals surface area contributed by atoms with Crippen LogP contribution in [0.1, 0.15) is 17.6 Å². The molecule has 1 fully saturated rings. The average molecular weight is 389 g/mol. The van der Waals surface area contributed by atoms with Gasteiger partial charge in [0.15, 0.2) is 18.1 Å². The van der Waals surface area contributed by atoms with Gasteiger partial charge in [-0.3, -0.25) is 9.69 Å². The van der Waals surface area contributed by atoms with E-state index in [1.807, 2.05) is 4.90 Å². The number of hydrogen-bond donors (Lipinski definition) is 0. The van der Waals surface area contributed by atoms with Crippen LogP contribution in [0.5, 0.6) is 0 Å². The fourth-order valence-corrected chi connectivity index (χ4v) is 3.11. The summed E-state index contributed by atoms with van der Waals surface area (Å²) in [7, 11) is 0. The molecule has 3 heterocycles. The van der Waals surface area contributed by atoms with Crippen LogP contribution in [0.2, 0.25) is 5.02 Å². The van der Waals surface area contributed by atoms with Gasteiger partial charge < -0.3 is 4.90 Å². The van der Waals surface area contributed by atoms with Crippen molar-refractivity contribution in [2.45, 2.75) is 19.3 Å². The van der Waals surface area contributed by atoms with Crippen LogP contribution in [0.4, 0.5) is 19.1 Å². The van der Waals surface area contributed by atoms with Crippen LogP contribution in [-0.4, -0.2) is 57.1 Å². The van der Waals surface area contributed by atoms with Crippen molar-refractivity contribution >= 4 is 23.8 Å². The van der Waals surface area contributed by atoms with Crippen molar-refractivity contribution in [3.63, 3.8) is 0 Å².